The zero-order chi connectivity index (χ0) is 12.1. The van der Waals surface area contributed by atoms with Gasteiger partial charge in [0, 0.05) is 18.8 Å². The number of pyridine rings is 1. The van der Waals surface area contributed by atoms with Crippen molar-refractivity contribution in [2.75, 3.05) is 13.2 Å². The van der Waals surface area contributed by atoms with E-state index in [1.807, 2.05) is 13.0 Å². The highest BCUT2D eigenvalue weighted by atomic mass is 16.5. The lowest BCUT2D eigenvalue weighted by molar-refractivity contribution is 0.104. The van der Waals surface area contributed by atoms with Crippen LogP contribution in [0.4, 0.5) is 0 Å². The summed E-state index contributed by atoms with van der Waals surface area (Å²) in [6, 6.07) is 3.50. The van der Waals surface area contributed by atoms with E-state index in [1.165, 1.54) is 12.8 Å². The van der Waals surface area contributed by atoms with Crippen LogP contribution in [0, 0.1) is 6.92 Å². The molecule has 0 bridgehead atoms. The van der Waals surface area contributed by atoms with Crippen molar-refractivity contribution in [3.63, 3.8) is 0 Å². The third kappa shape index (κ3) is 3.68. The zero-order valence-electron chi connectivity index (χ0n) is 10.3. The Bertz CT molecular complexity index is 362. The summed E-state index contributed by atoms with van der Waals surface area (Å²) < 4.78 is 5.54. The minimum atomic E-state index is 0.264. The Morgan fingerprint density at radius 2 is 2.41 bits per heavy atom. The van der Waals surface area contributed by atoms with Crippen LogP contribution in [0.25, 0.3) is 0 Å². The number of rotatable bonds is 5. The molecule has 0 unspecified atom stereocenters. The second-order valence-electron chi connectivity index (χ2n) is 4.52. The molecule has 0 aromatic carbocycles. The number of aromatic hydroxyl groups is 1. The van der Waals surface area contributed by atoms with E-state index < -0.39 is 0 Å². The first-order chi connectivity index (χ1) is 8.25. The molecular formula is C13H20N2O2. The van der Waals surface area contributed by atoms with Gasteiger partial charge >= 0.3 is 0 Å². The first kappa shape index (κ1) is 12.3. The van der Waals surface area contributed by atoms with Crippen LogP contribution in [0.5, 0.6) is 5.75 Å². The van der Waals surface area contributed by atoms with E-state index in [0.717, 1.165) is 31.0 Å². The van der Waals surface area contributed by atoms with E-state index in [9.17, 15) is 5.11 Å². The predicted molar refractivity (Wildman–Crippen MR) is 65.9 cm³/mol. The Labute approximate surface area is 102 Å². The second kappa shape index (κ2) is 5.98. The molecule has 94 valence electrons. The summed E-state index contributed by atoms with van der Waals surface area (Å²) in [5.41, 5.74) is 1.65. The van der Waals surface area contributed by atoms with Crippen molar-refractivity contribution in [2.24, 2.45) is 0 Å². The van der Waals surface area contributed by atoms with Crippen molar-refractivity contribution in [1.82, 2.24) is 10.3 Å². The van der Waals surface area contributed by atoms with E-state index >= 15 is 0 Å². The summed E-state index contributed by atoms with van der Waals surface area (Å²) in [5.74, 6) is 0.264. The number of hydrogen-bond acceptors (Lipinski definition) is 4. The molecule has 0 saturated carbocycles. The van der Waals surface area contributed by atoms with Crippen molar-refractivity contribution in [2.45, 2.75) is 38.8 Å². The average Bonchev–Trinajstić information content (AvgIpc) is 2.82. The van der Waals surface area contributed by atoms with Crippen LogP contribution in [-0.4, -0.2) is 29.3 Å². The molecule has 1 aliphatic rings. The molecule has 2 N–H and O–H groups in total. The highest BCUT2D eigenvalue weighted by Crippen LogP contribution is 2.16. The van der Waals surface area contributed by atoms with Gasteiger partial charge in [0.05, 0.1) is 11.8 Å². The third-order valence-electron chi connectivity index (χ3n) is 3.05. The molecule has 1 saturated heterocycles. The van der Waals surface area contributed by atoms with Crippen molar-refractivity contribution in [3.05, 3.63) is 23.5 Å². The SMILES string of the molecule is Cc1ccc(O)c(CNCC[C@@H]2CCCO2)n1. The quantitative estimate of drug-likeness (QED) is 0.765. The molecule has 4 nitrogen and oxygen atoms in total. The molecule has 1 aliphatic heterocycles. The van der Waals surface area contributed by atoms with E-state index in [2.05, 4.69) is 10.3 Å². The van der Waals surface area contributed by atoms with Gasteiger partial charge in [-0.2, -0.15) is 0 Å². The van der Waals surface area contributed by atoms with Crippen molar-refractivity contribution >= 4 is 0 Å². The highest BCUT2D eigenvalue weighted by Gasteiger charge is 2.14. The van der Waals surface area contributed by atoms with E-state index in [-0.39, 0.29) is 5.75 Å². The van der Waals surface area contributed by atoms with Gasteiger partial charge in [-0.3, -0.25) is 4.98 Å². The normalized spacial score (nSPS) is 19.7. The summed E-state index contributed by atoms with van der Waals surface area (Å²) in [7, 11) is 0. The van der Waals surface area contributed by atoms with Gasteiger partial charge in [-0.1, -0.05) is 0 Å². The largest absolute Gasteiger partial charge is 0.506 e. The molecule has 2 heterocycles. The summed E-state index contributed by atoms with van der Waals surface area (Å²) >= 11 is 0. The summed E-state index contributed by atoms with van der Waals surface area (Å²) in [5, 5.41) is 12.9. The predicted octanol–water partition coefficient (Wildman–Crippen LogP) is 1.75. The van der Waals surface area contributed by atoms with Crippen molar-refractivity contribution in [1.29, 1.82) is 0 Å². The van der Waals surface area contributed by atoms with Crippen LogP contribution in [0.3, 0.4) is 0 Å². The molecule has 1 atom stereocenters. The van der Waals surface area contributed by atoms with Crippen LogP contribution in [0.1, 0.15) is 30.7 Å². The molecule has 17 heavy (non-hydrogen) atoms. The van der Waals surface area contributed by atoms with E-state index in [4.69, 9.17) is 4.74 Å². The lowest BCUT2D eigenvalue weighted by Gasteiger charge is -2.10. The maximum Gasteiger partial charge on any atom is 0.138 e. The standard InChI is InChI=1S/C13H20N2O2/c1-10-4-5-13(16)12(15-10)9-14-7-6-11-3-2-8-17-11/h4-5,11,14,16H,2-3,6-9H2,1H3/t11-/m0/s1. The van der Waals surface area contributed by atoms with Gasteiger partial charge in [-0.05, 0) is 44.9 Å². The topological polar surface area (TPSA) is 54.4 Å². The Hall–Kier alpha value is -1.13. The molecule has 0 aliphatic carbocycles. The monoisotopic (exact) mass is 236 g/mol. The Balaban J connectivity index is 1.72. The maximum atomic E-state index is 9.62. The van der Waals surface area contributed by atoms with Gasteiger partial charge in [0.2, 0.25) is 0 Å². The van der Waals surface area contributed by atoms with Crippen molar-refractivity contribution in [3.8, 4) is 5.75 Å². The van der Waals surface area contributed by atoms with Gasteiger partial charge in [0.1, 0.15) is 5.75 Å². The first-order valence-corrected chi connectivity index (χ1v) is 6.23. The first-order valence-electron chi connectivity index (χ1n) is 6.23. The number of nitrogens with one attached hydrogen (secondary N) is 1. The van der Waals surface area contributed by atoms with E-state index in [0.29, 0.717) is 12.6 Å². The number of aryl methyl sites for hydroxylation is 1. The lowest BCUT2D eigenvalue weighted by atomic mass is 10.2. The van der Waals surface area contributed by atoms with E-state index in [1.54, 1.807) is 6.07 Å². The van der Waals surface area contributed by atoms with Crippen LogP contribution in [-0.2, 0) is 11.3 Å². The third-order valence-corrected chi connectivity index (χ3v) is 3.05. The second-order valence-corrected chi connectivity index (χ2v) is 4.52. The van der Waals surface area contributed by atoms with Crippen LogP contribution in [0.15, 0.2) is 12.1 Å². The Kier molecular flexibility index (Phi) is 4.34. The molecule has 2 rings (SSSR count). The fourth-order valence-corrected chi connectivity index (χ4v) is 2.08. The number of ether oxygens (including phenoxy) is 1. The van der Waals surface area contributed by atoms with Gasteiger partial charge < -0.3 is 15.2 Å². The molecule has 1 aromatic heterocycles. The summed E-state index contributed by atoms with van der Waals surface area (Å²) in [6.07, 6.45) is 3.81. The van der Waals surface area contributed by atoms with Crippen LogP contribution >= 0.6 is 0 Å². The maximum absolute atomic E-state index is 9.62. The summed E-state index contributed by atoms with van der Waals surface area (Å²) in [6.45, 7) is 4.35. The number of nitrogens with zero attached hydrogens (tertiary/aromatic N) is 1. The Morgan fingerprint density at radius 1 is 1.53 bits per heavy atom. The smallest absolute Gasteiger partial charge is 0.138 e. The minimum absolute atomic E-state index is 0.264. The molecule has 1 fully saturated rings. The number of aromatic nitrogens is 1. The van der Waals surface area contributed by atoms with Crippen LogP contribution in [0.2, 0.25) is 0 Å². The molecule has 0 amide bonds. The van der Waals surface area contributed by atoms with Gasteiger partial charge in [0.25, 0.3) is 0 Å². The highest BCUT2D eigenvalue weighted by molar-refractivity contribution is 5.27. The van der Waals surface area contributed by atoms with Crippen LogP contribution < -0.4 is 5.32 Å². The fraction of sp³-hybridized carbons (Fsp3) is 0.615. The zero-order valence-corrected chi connectivity index (χ0v) is 10.3. The molecule has 0 radical (unpaired) electrons. The van der Waals surface area contributed by atoms with Gasteiger partial charge in [-0.15, -0.1) is 0 Å². The molecule has 0 spiro atoms. The molecule has 1 aromatic rings. The van der Waals surface area contributed by atoms with Gasteiger partial charge in [0.15, 0.2) is 0 Å². The summed E-state index contributed by atoms with van der Waals surface area (Å²) in [4.78, 5) is 4.30. The molecular weight excluding hydrogens is 216 g/mol. The lowest BCUT2D eigenvalue weighted by Crippen LogP contribution is -2.20. The Morgan fingerprint density at radius 3 is 3.18 bits per heavy atom. The minimum Gasteiger partial charge on any atom is -0.506 e. The number of hydrogen-bond donors (Lipinski definition) is 2. The van der Waals surface area contributed by atoms with Gasteiger partial charge in [-0.25, -0.2) is 0 Å². The average molecular weight is 236 g/mol. The molecule has 4 heteroatoms. The van der Waals surface area contributed by atoms with Crippen molar-refractivity contribution < 1.29 is 9.84 Å². The fourth-order valence-electron chi connectivity index (χ4n) is 2.08.